The van der Waals surface area contributed by atoms with E-state index in [-0.39, 0.29) is 6.04 Å². The van der Waals surface area contributed by atoms with Crippen LogP contribution in [0.5, 0.6) is 0 Å². The summed E-state index contributed by atoms with van der Waals surface area (Å²) < 4.78 is 5.41. The van der Waals surface area contributed by atoms with E-state index in [1.807, 2.05) is 0 Å². The first kappa shape index (κ1) is 17.9. The lowest BCUT2D eigenvalue weighted by Gasteiger charge is -2.28. The number of hydrogen-bond acceptors (Lipinski definition) is 7. The fourth-order valence-corrected chi connectivity index (χ4v) is 3.54. The molecule has 1 unspecified atom stereocenters. The third-order valence-electron chi connectivity index (χ3n) is 5.03. The standard InChI is InChI=1S/C17H28N6O2/c1-25-13-6-4-11(5-7-13)22-17-20-10-14(15(18)24)16(23-17)21-12-3-2-8-19-9-12/h10-13,19H,2-9H2,1H3,(H2,18,24)(H2,20,21,22,23). The first-order valence-corrected chi connectivity index (χ1v) is 9.09. The zero-order valence-electron chi connectivity index (χ0n) is 14.8. The molecule has 3 rings (SSSR count). The van der Waals surface area contributed by atoms with Gasteiger partial charge in [0.1, 0.15) is 5.82 Å². The number of piperidine rings is 1. The van der Waals surface area contributed by atoms with E-state index in [4.69, 9.17) is 10.5 Å². The minimum atomic E-state index is -0.515. The summed E-state index contributed by atoms with van der Waals surface area (Å²) >= 11 is 0. The maximum atomic E-state index is 11.7. The number of anilines is 2. The summed E-state index contributed by atoms with van der Waals surface area (Å²) in [7, 11) is 1.77. The van der Waals surface area contributed by atoms with Crippen LogP contribution in [0.4, 0.5) is 11.8 Å². The molecule has 0 radical (unpaired) electrons. The van der Waals surface area contributed by atoms with Gasteiger partial charge in [-0.15, -0.1) is 0 Å². The van der Waals surface area contributed by atoms with Gasteiger partial charge in [-0.2, -0.15) is 4.98 Å². The van der Waals surface area contributed by atoms with E-state index in [1.54, 1.807) is 7.11 Å². The molecule has 1 amide bonds. The monoisotopic (exact) mass is 348 g/mol. The van der Waals surface area contributed by atoms with Crippen molar-refractivity contribution in [3.8, 4) is 0 Å². The molecule has 1 aromatic heterocycles. The molecule has 25 heavy (non-hydrogen) atoms. The van der Waals surface area contributed by atoms with Crippen molar-refractivity contribution in [2.45, 2.75) is 56.7 Å². The van der Waals surface area contributed by atoms with Crippen LogP contribution in [0.1, 0.15) is 48.9 Å². The van der Waals surface area contributed by atoms with Crippen LogP contribution in [0.2, 0.25) is 0 Å². The summed E-state index contributed by atoms with van der Waals surface area (Å²) in [5.74, 6) is 0.542. The third-order valence-corrected chi connectivity index (χ3v) is 5.03. The fraction of sp³-hybridized carbons (Fsp3) is 0.706. The van der Waals surface area contributed by atoms with E-state index < -0.39 is 5.91 Å². The molecule has 1 aliphatic heterocycles. The Bertz CT molecular complexity index is 583. The van der Waals surface area contributed by atoms with Crippen LogP contribution < -0.4 is 21.7 Å². The second-order valence-corrected chi connectivity index (χ2v) is 6.86. The molecule has 138 valence electrons. The normalized spacial score (nSPS) is 26.8. The summed E-state index contributed by atoms with van der Waals surface area (Å²) in [5, 5.41) is 10.1. The highest BCUT2D eigenvalue weighted by Crippen LogP contribution is 2.24. The number of nitrogens with one attached hydrogen (secondary N) is 3. The number of nitrogens with zero attached hydrogens (tertiary/aromatic N) is 2. The van der Waals surface area contributed by atoms with Crippen molar-refractivity contribution < 1.29 is 9.53 Å². The lowest BCUT2D eigenvalue weighted by Crippen LogP contribution is -2.39. The Morgan fingerprint density at radius 2 is 2.04 bits per heavy atom. The number of carbonyl (C=O) groups excluding carboxylic acids is 1. The van der Waals surface area contributed by atoms with Crippen molar-refractivity contribution in [3.05, 3.63) is 11.8 Å². The van der Waals surface area contributed by atoms with Crippen LogP contribution in [0.3, 0.4) is 0 Å². The second kappa shape index (κ2) is 8.44. The van der Waals surface area contributed by atoms with Crippen LogP contribution in [-0.4, -0.2) is 54.3 Å². The van der Waals surface area contributed by atoms with Crippen molar-refractivity contribution in [2.24, 2.45) is 5.73 Å². The number of aromatic nitrogens is 2. The highest BCUT2D eigenvalue weighted by molar-refractivity contribution is 5.97. The summed E-state index contributed by atoms with van der Waals surface area (Å²) in [6.45, 7) is 1.88. The van der Waals surface area contributed by atoms with E-state index >= 15 is 0 Å². The zero-order valence-corrected chi connectivity index (χ0v) is 14.8. The maximum absolute atomic E-state index is 11.7. The van der Waals surface area contributed by atoms with Gasteiger partial charge in [-0.05, 0) is 45.1 Å². The quantitative estimate of drug-likeness (QED) is 0.609. The molecule has 5 N–H and O–H groups in total. The molecule has 1 saturated carbocycles. The Hall–Kier alpha value is -1.93. The van der Waals surface area contributed by atoms with Crippen LogP contribution in [-0.2, 0) is 4.74 Å². The molecule has 1 aromatic rings. The molecule has 2 aliphatic rings. The van der Waals surface area contributed by atoms with E-state index in [0.717, 1.165) is 51.6 Å². The Morgan fingerprint density at radius 1 is 1.24 bits per heavy atom. The van der Waals surface area contributed by atoms with Crippen LogP contribution in [0.25, 0.3) is 0 Å². The van der Waals surface area contributed by atoms with Crippen LogP contribution >= 0.6 is 0 Å². The third kappa shape index (κ3) is 4.79. The van der Waals surface area contributed by atoms with Crippen molar-refractivity contribution in [1.82, 2.24) is 15.3 Å². The molecule has 2 heterocycles. The Balaban J connectivity index is 1.68. The maximum Gasteiger partial charge on any atom is 0.254 e. The Morgan fingerprint density at radius 3 is 2.68 bits per heavy atom. The average molecular weight is 348 g/mol. The second-order valence-electron chi connectivity index (χ2n) is 6.86. The van der Waals surface area contributed by atoms with Crippen LogP contribution in [0.15, 0.2) is 6.20 Å². The number of carbonyl (C=O) groups is 1. The lowest BCUT2D eigenvalue weighted by atomic mass is 9.93. The summed E-state index contributed by atoms with van der Waals surface area (Å²) in [4.78, 5) is 20.5. The number of rotatable bonds is 6. The number of ether oxygens (including phenoxy) is 1. The van der Waals surface area contributed by atoms with E-state index in [0.29, 0.717) is 29.5 Å². The van der Waals surface area contributed by atoms with Gasteiger partial charge in [0.05, 0.1) is 11.7 Å². The lowest BCUT2D eigenvalue weighted by molar-refractivity contribution is 0.0681. The molecule has 1 aliphatic carbocycles. The summed E-state index contributed by atoms with van der Waals surface area (Å²) in [5.41, 5.74) is 5.81. The highest BCUT2D eigenvalue weighted by atomic mass is 16.5. The molecule has 1 saturated heterocycles. The van der Waals surface area contributed by atoms with Gasteiger partial charge in [-0.3, -0.25) is 4.79 Å². The average Bonchev–Trinajstić information content (AvgIpc) is 2.63. The predicted molar refractivity (Wildman–Crippen MR) is 96.7 cm³/mol. The minimum Gasteiger partial charge on any atom is -0.381 e. The van der Waals surface area contributed by atoms with Gasteiger partial charge in [0.15, 0.2) is 0 Å². The van der Waals surface area contributed by atoms with E-state index in [1.165, 1.54) is 6.20 Å². The van der Waals surface area contributed by atoms with Crippen molar-refractivity contribution in [1.29, 1.82) is 0 Å². The number of nitrogens with two attached hydrogens (primary N) is 1. The fourth-order valence-electron chi connectivity index (χ4n) is 3.54. The minimum absolute atomic E-state index is 0.242. The molecule has 0 bridgehead atoms. The smallest absolute Gasteiger partial charge is 0.254 e. The van der Waals surface area contributed by atoms with Gasteiger partial charge in [-0.1, -0.05) is 0 Å². The number of primary amides is 1. The highest BCUT2D eigenvalue weighted by Gasteiger charge is 2.23. The number of hydrogen-bond donors (Lipinski definition) is 4. The van der Waals surface area contributed by atoms with Gasteiger partial charge in [0.25, 0.3) is 5.91 Å². The largest absolute Gasteiger partial charge is 0.381 e. The van der Waals surface area contributed by atoms with Gasteiger partial charge in [0.2, 0.25) is 5.95 Å². The number of methoxy groups -OCH3 is 1. The molecule has 0 spiro atoms. The first-order valence-electron chi connectivity index (χ1n) is 9.09. The SMILES string of the molecule is COC1CCC(Nc2ncc(C(N)=O)c(NC3CCCNC3)n2)CC1. The van der Waals surface area contributed by atoms with Crippen LogP contribution in [0, 0.1) is 0 Å². The van der Waals surface area contributed by atoms with E-state index in [9.17, 15) is 4.79 Å². The van der Waals surface area contributed by atoms with Crippen molar-refractivity contribution >= 4 is 17.7 Å². The Kier molecular flexibility index (Phi) is 6.04. The molecular weight excluding hydrogens is 320 g/mol. The topological polar surface area (TPSA) is 114 Å². The molecule has 2 fully saturated rings. The molecule has 8 nitrogen and oxygen atoms in total. The Labute approximate surface area is 148 Å². The van der Waals surface area contributed by atoms with Gasteiger partial charge in [0, 0.05) is 31.9 Å². The van der Waals surface area contributed by atoms with Crippen molar-refractivity contribution in [2.75, 3.05) is 30.8 Å². The first-order chi connectivity index (χ1) is 12.2. The molecular formula is C17H28N6O2. The van der Waals surface area contributed by atoms with Gasteiger partial charge >= 0.3 is 0 Å². The summed E-state index contributed by atoms with van der Waals surface area (Å²) in [6, 6.07) is 0.571. The summed E-state index contributed by atoms with van der Waals surface area (Å²) in [6.07, 6.45) is 8.12. The molecule has 1 atom stereocenters. The van der Waals surface area contributed by atoms with Crippen molar-refractivity contribution in [3.63, 3.8) is 0 Å². The van der Waals surface area contributed by atoms with Gasteiger partial charge < -0.3 is 26.4 Å². The molecule has 0 aromatic carbocycles. The van der Waals surface area contributed by atoms with Gasteiger partial charge in [-0.25, -0.2) is 4.98 Å². The number of amides is 1. The molecule has 8 heteroatoms. The predicted octanol–water partition coefficient (Wildman–Crippen LogP) is 1.11. The van der Waals surface area contributed by atoms with E-state index in [2.05, 4.69) is 25.9 Å². The zero-order chi connectivity index (χ0) is 17.6.